The van der Waals surface area contributed by atoms with E-state index in [0.717, 1.165) is 58.8 Å². The maximum atomic E-state index is 12.8. The molecule has 0 radical (unpaired) electrons. The maximum Gasteiger partial charge on any atom is 0.236 e. The van der Waals surface area contributed by atoms with Crippen LogP contribution in [-0.2, 0) is 9.53 Å². The zero-order valence-electron chi connectivity index (χ0n) is 17.9. The molecule has 2 aliphatic heterocycles. The zero-order valence-corrected chi connectivity index (χ0v) is 20.0. The molecule has 3 atom stereocenters. The normalized spacial score (nSPS) is 27.3. The molecule has 2 saturated heterocycles. The van der Waals surface area contributed by atoms with E-state index in [-0.39, 0.29) is 0 Å². The predicted octanol–water partition coefficient (Wildman–Crippen LogP) is 2.12. The monoisotopic (exact) mass is 494 g/mol. The Hall–Kier alpha value is 0.0400. The highest BCUT2D eigenvalue weighted by Crippen LogP contribution is 2.17. The van der Waals surface area contributed by atoms with Crippen molar-refractivity contribution in [2.45, 2.75) is 63.3 Å². The summed E-state index contributed by atoms with van der Waals surface area (Å²) in [7, 11) is 0. The van der Waals surface area contributed by atoms with Crippen LogP contribution in [-0.4, -0.2) is 107 Å². The topological polar surface area (TPSA) is 39.3 Å². The van der Waals surface area contributed by atoms with Gasteiger partial charge in [0.25, 0.3) is 0 Å². The van der Waals surface area contributed by atoms with Crippen LogP contribution in [0.25, 0.3) is 0 Å². The van der Waals surface area contributed by atoms with Gasteiger partial charge in [-0.2, -0.15) is 0 Å². The summed E-state index contributed by atoms with van der Waals surface area (Å²) in [6, 6.07) is 0.832. The molecule has 0 aromatic carbocycles. The molecule has 2 rings (SSSR count). The first-order chi connectivity index (χ1) is 12.8. The van der Waals surface area contributed by atoms with E-state index in [4.69, 9.17) is 4.74 Å². The van der Waals surface area contributed by atoms with Crippen LogP contribution in [0.3, 0.4) is 0 Å². The fourth-order valence-corrected chi connectivity index (χ4v) is 4.71. The highest BCUT2D eigenvalue weighted by atomic mass is 127. The van der Waals surface area contributed by atoms with Gasteiger partial charge in [-0.05, 0) is 41.0 Å². The number of ether oxygens (including phenoxy) is 1. The van der Waals surface area contributed by atoms with Crippen LogP contribution in [0.4, 0.5) is 0 Å². The number of piperazine rings is 2. The van der Waals surface area contributed by atoms with Crippen LogP contribution in [0.2, 0.25) is 0 Å². The summed E-state index contributed by atoms with van der Waals surface area (Å²) in [5, 5.41) is 0. The molecule has 7 heteroatoms. The number of carbonyl (C=O) groups excluding carboxylic acids is 1. The molecule has 0 bridgehead atoms. The van der Waals surface area contributed by atoms with E-state index in [1.807, 2.05) is 0 Å². The molecular formula is C20H39IN4O2. The molecule has 0 spiro atoms. The average Bonchev–Trinajstić information content (AvgIpc) is 2.61. The number of halogens is 1. The van der Waals surface area contributed by atoms with Gasteiger partial charge in [0.1, 0.15) is 0 Å². The Bertz CT molecular complexity index is 443. The Morgan fingerprint density at radius 1 is 1.07 bits per heavy atom. The van der Waals surface area contributed by atoms with E-state index in [1.54, 1.807) is 0 Å². The Morgan fingerprint density at radius 2 is 1.67 bits per heavy atom. The Kier molecular flexibility index (Phi) is 9.75. The molecule has 0 N–H and O–H groups in total. The molecule has 2 fully saturated rings. The van der Waals surface area contributed by atoms with E-state index < -0.39 is 0 Å². The molecule has 3 unspecified atom stereocenters. The molecule has 0 saturated carbocycles. The SMILES string of the molecule is CC(C)OCCCN1CC(C)N(CC(=O)N2CCN(C(C)I)CC2)C(C)C1. The lowest BCUT2D eigenvalue weighted by Crippen LogP contribution is -2.60. The molecule has 1 amide bonds. The Labute approximate surface area is 179 Å². The highest BCUT2D eigenvalue weighted by Gasteiger charge is 2.32. The summed E-state index contributed by atoms with van der Waals surface area (Å²) in [6.45, 7) is 19.2. The first-order valence-electron chi connectivity index (χ1n) is 10.5. The maximum absolute atomic E-state index is 12.8. The van der Waals surface area contributed by atoms with Crippen LogP contribution < -0.4 is 0 Å². The number of hydrogen-bond donors (Lipinski definition) is 0. The summed E-state index contributed by atoms with van der Waals surface area (Å²) in [5.41, 5.74) is 0. The standard InChI is InChI=1S/C20H39IN4O2/c1-16(2)27-12-6-7-22-13-17(3)25(18(4)14-22)15-20(26)24-10-8-23(9-11-24)19(5)21/h16-19H,6-15H2,1-5H3. The molecule has 158 valence electrons. The summed E-state index contributed by atoms with van der Waals surface area (Å²) in [6.07, 6.45) is 1.39. The van der Waals surface area contributed by atoms with Crippen molar-refractivity contribution >= 4 is 28.5 Å². The van der Waals surface area contributed by atoms with Gasteiger partial charge in [0.2, 0.25) is 5.91 Å². The van der Waals surface area contributed by atoms with Gasteiger partial charge in [-0.1, -0.05) is 22.6 Å². The molecule has 2 aliphatic rings. The van der Waals surface area contributed by atoms with Gasteiger partial charge in [-0.15, -0.1) is 0 Å². The third kappa shape index (κ3) is 7.42. The second-order valence-corrected chi connectivity index (χ2v) is 10.2. The van der Waals surface area contributed by atoms with Crippen molar-refractivity contribution in [1.82, 2.24) is 19.6 Å². The van der Waals surface area contributed by atoms with Gasteiger partial charge < -0.3 is 14.5 Å². The van der Waals surface area contributed by atoms with Gasteiger partial charge in [0.05, 0.1) is 16.7 Å². The van der Waals surface area contributed by atoms with Crippen LogP contribution in [0.5, 0.6) is 0 Å². The van der Waals surface area contributed by atoms with Crippen LogP contribution >= 0.6 is 22.6 Å². The van der Waals surface area contributed by atoms with Gasteiger partial charge >= 0.3 is 0 Å². The van der Waals surface area contributed by atoms with Crippen LogP contribution in [0, 0.1) is 0 Å². The van der Waals surface area contributed by atoms with E-state index in [2.05, 4.69) is 76.8 Å². The molecule has 0 aromatic rings. The Morgan fingerprint density at radius 3 is 2.19 bits per heavy atom. The lowest BCUT2D eigenvalue weighted by Gasteiger charge is -2.45. The number of amides is 1. The number of nitrogens with zero attached hydrogens (tertiary/aromatic N) is 4. The van der Waals surface area contributed by atoms with Gasteiger partial charge in [0, 0.05) is 64.5 Å². The van der Waals surface area contributed by atoms with E-state index in [1.165, 1.54) is 0 Å². The van der Waals surface area contributed by atoms with Crippen LogP contribution in [0.15, 0.2) is 0 Å². The van der Waals surface area contributed by atoms with Crippen molar-refractivity contribution in [2.24, 2.45) is 0 Å². The van der Waals surface area contributed by atoms with E-state index >= 15 is 0 Å². The Balaban J connectivity index is 1.75. The fraction of sp³-hybridized carbons (Fsp3) is 0.950. The quantitative estimate of drug-likeness (QED) is 0.224. The van der Waals surface area contributed by atoms with Crippen molar-refractivity contribution in [3.8, 4) is 0 Å². The van der Waals surface area contributed by atoms with Crippen LogP contribution in [0.1, 0.15) is 41.0 Å². The first kappa shape index (κ1) is 23.3. The molecule has 6 nitrogen and oxygen atoms in total. The zero-order chi connectivity index (χ0) is 20.0. The second-order valence-electron chi connectivity index (χ2n) is 8.39. The molecular weight excluding hydrogens is 455 g/mol. The number of rotatable bonds is 8. The van der Waals surface area contributed by atoms with Crippen molar-refractivity contribution < 1.29 is 9.53 Å². The number of hydrogen-bond acceptors (Lipinski definition) is 5. The fourth-order valence-electron chi connectivity index (χ4n) is 4.15. The molecule has 27 heavy (non-hydrogen) atoms. The minimum Gasteiger partial charge on any atom is -0.379 e. The van der Waals surface area contributed by atoms with E-state index in [0.29, 0.717) is 34.7 Å². The third-order valence-corrected chi connectivity index (χ3v) is 6.52. The summed E-state index contributed by atoms with van der Waals surface area (Å²) in [4.78, 5) is 22.3. The second kappa shape index (κ2) is 11.3. The largest absolute Gasteiger partial charge is 0.379 e. The summed E-state index contributed by atoms with van der Waals surface area (Å²) in [5.74, 6) is 0.299. The average molecular weight is 494 g/mol. The minimum atomic E-state index is 0.299. The van der Waals surface area contributed by atoms with Gasteiger partial charge in [-0.25, -0.2) is 0 Å². The first-order valence-corrected chi connectivity index (χ1v) is 11.8. The molecule has 0 aromatic heterocycles. The van der Waals surface area contributed by atoms with Gasteiger partial charge in [0.15, 0.2) is 0 Å². The lowest BCUT2D eigenvalue weighted by atomic mass is 10.1. The smallest absolute Gasteiger partial charge is 0.236 e. The lowest BCUT2D eigenvalue weighted by molar-refractivity contribution is -0.136. The van der Waals surface area contributed by atoms with Crippen molar-refractivity contribution in [2.75, 3.05) is 59.0 Å². The van der Waals surface area contributed by atoms with Crippen molar-refractivity contribution in [3.63, 3.8) is 0 Å². The van der Waals surface area contributed by atoms with Crippen molar-refractivity contribution in [3.05, 3.63) is 0 Å². The van der Waals surface area contributed by atoms with E-state index in [9.17, 15) is 4.79 Å². The molecule has 2 heterocycles. The van der Waals surface area contributed by atoms with Crippen molar-refractivity contribution in [1.29, 1.82) is 0 Å². The third-order valence-electron chi connectivity index (χ3n) is 5.73. The highest BCUT2D eigenvalue weighted by molar-refractivity contribution is 14.1. The summed E-state index contributed by atoms with van der Waals surface area (Å²) >= 11 is 2.45. The van der Waals surface area contributed by atoms with Gasteiger partial charge in [-0.3, -0.25) is 14.6 Å². The number of alkyl halides is 1. The minimum absolute atomic E-state index is 0.299. The molecule has 0 aliphatic carbocycles. The number of carbonyl (C=O) groups is 1. The predicted molar refractivity (Wildman–Crippen MR) is 119 cm³/mol. The summed E-state index contributed by atoms with van der Waals surface area (Å²) < 4.78 is 6.20.